The number of hydrogen-bond donors (Lipinski definition) is 1. The number of anilines is 2. The summed E-state index contributed by atoms with van der Waals surface area (Å²) in [6.45, 7) is 0. The molecule has 6 heteroatoms. The highest BCUT2D eigenvalue weighted by molar-refractivity contribution is 9.10. The first-order chi connectivity index (χ1) is 13.6. The van der Waals surface area contributed by atoms with Crippen LogP contribution in [0.2, 0.25) is 0 Å². The fourth-order valence-electron chi connectivity index (χ4n) is 2.86. The van der Waals surface area contributed by atoms with E-state index in [-0.39, 0.29) is 5.97 Å². The summed E-state index contributed by atoms with van der Waals surface area (Å²) in [5.41, 5.74) is 3.09. The molecule has 0 radical (unpaired) electrons. The lowest BCUT2D eigenvalue weighted by Crippen LogP contribution is -2.02. The van der Waals surface area contributed by atoms with Crippen molar-refractivity contribution in [1.82, 2.24) is 9.97 Å². The van der Waals surface area contributed by atoms with Gasteiger partial charge in [0.05, 0.1) is 18.2 Å². The third-order valence-corrected chi connectivity index (χ3v) is 4.75. The van der Waals surface area contributed by atoms with Crippen molar-refractivity contribution >= 4 is 44.3 Å². The van der Waals surface area contributed by atoms with Crippen molar-refractivity contribution in [2.45, 2.75) is 0 Å². The fraction of sp³-hybridized carbons (Fsp3) is 0.0455. The predicted molar refractivity (Wildman–Crippen MR) is 114 cm³/mol. The van der Waals surface area contributed by atoms with Gasteiger partial charge in [0.2, 0.25) is 0 Å². The Hall–Kier alpha value is -3.25. The zero-order valence-electron chi connectivity index (χ0n) is 15.0. The van der Waals surface area contributed by atoms with E-state index in [0.717, 1.165) is 26.6 Å². The van der Waals surface area contributed by atoms with Crippen molar-refractivity contribution in [3.8, 4) is 11.4 Å². The third-order valence-electron chi connectivity index (χ3n) is 4.26. The molecule has 0 saturated heterocycles. The molecule has 1 N–H and O–H groups in total. The van der Waals surface area contributed by atoms with Gasteiger partial charge in [0.1, 0.15) is 5.82 Å². The Bertz CT molecular complexity index is 1150. The Morgan fingerprint density at radius 1 is 0.964 bits per heavy atom. The molecule has 28 heavy (non-hydrogen) atoms. The number of rotatable bonds is 4. The van der Waals surface area contributed by atoms with E-state index < -0.39 is 0 Å². The van der Waals surface area contributed by atoms with Gasteiger partial charge in [-0.1, -0.05) is 46.3 Å². The number of aromatic nitrogens is 2. The number of hydrogen-bond acceptors (Lipinski definition) is 5. The summed E-state index contributed by atoms with van der Waals surface area (Å²) in [5, 5.41) is 4.24. The lowest BCUT2D eigenvalue weighted by atomic mass is 10.1. The first-order valence-corrected chi connectivity index (χ1v) is 9.41. The number of esters is 1. The molecule has 4 rings (SSSR count). The van der Waals surface area contributed by atoms with Crippen LogP contribution in [-0.2, 0) is 4.74 Å². The number of nitrogens with zero attached hydrogens (tertiary/aromatic N) is 2. The van der Waals surface area contributed by atoms with Gasteiger partial charge in [-0.15, -0.1) is 0 Å². The van der Waals surface area contributed by atoms with Crippen molar-refractivity contribution in [2.75, 3.05) is 12.4 Å². The zero-order chi connectivity index (χ0) is 19.5. The van der Waals surface area contributed by atoms with Crippen LogP contribution in [0.3, 0.4) is 0 Å². The molecule has 0 saturated carbocycles. The Kier molecular flexibility index (Phi) is 5.04. The van der Waals surface area contributed by atoms with Gasteiger partial charge >= 0.3 is 5.97 Å². The van der Waals surface area contributed by atoms with Crippen LogP contribution in [0.15, 0.2) is 77.3 Å². The Labute approximate surface area is 170 Å². The van der Waals surface area contributed by atoms with Gasteiger partial charge in [-0.25, -0.2) is 14.8 Å². The molecule has 1 aromatic heterocycles. The number of ether oxygens (including phenoxy) is 1. The van der Waals surface area contributed by atoms with E-state index in [1.165, 1.54) is 7.11 Å². The molecule has 0 atom stereocenters. The molecular formula is C22H16BrN3O2. The normalized spacial score (nSPS) is 10.6. The number of nitrogens with one attached hydrogen (secondary N) is 1. The Morgan fingerprint density at radius 3 is 2.43 bits per heavy atom. The van der Waals surface area contributed by atoms with Gasteiger partial charge in [0.15, 0.2) is 5.82 Å². The largest absolute Gasteiger partial charge is 0.465 e. The third kappa shape index (κ3) is 3.73. The lowest BCUT2D eigenvalue weighted by Gasteiger charge is -2.12. The SMILES string of the molecule is COC(=O)c1ccc(Nc2nc(-c3ccccc3)nc3ccc(Br)cc23)cc1. The number of fused-ring (bicyclic) bond motifs is 1. The van der Waals surface area contributed by atoms with E-state index in [2.05, 4.69) is 21.2 Å². The van der Waals surface area contributed by atoms with Crippen molar-refractivity contribution in [3.05, 3.63) is 82.8 Å². The number of carbonyl (C=O) groups excluding carboxylic acids is 1. The Morgan fingerprint density at radius 2 is 1.71 bits per heavy atom. The highest BCUT2D eigenvalue weighted by atomic mass is 79.9. The maximum absolute atomic E-state index is 11.6. The average molecular weight is 434 g/mol. The summed E-state index contributed by atoms with van der Waals surface area (Å²) in [6, 6.07) is 22.8. The van der Waals surface area contributed by atoms with Crippen molar-refractivity contribution in [1.29, 1.82) is 0 Å². The highest BCUT2D eigenvalue weighted by Gasteiger charge is 2.11. The molecule has 0 bridgehead atoms. The number of benzene rings is 3. The summed E-state index contributed by atoms with van der Waals surface area (Å²) >= 11 is 3.51. The minimum absolute atomic E-state index is 0.366. The Balaban J connectivity index is 1.78. The molecule has 0 unspecified atom stereocenters. The fourth-order valence-corrected chi connectivity index (χ4v) is 3.22. The van der Waals surface area contributed by atoms with Crippen molar-refractivity contribution < 1.29 is 9.53 Å². The van der Waals surface area contributed by atoms with Crippen molar-refractivity contribution in [2.24, 2.45) is 0 Å². The van der Waals surface area contributed by atoms with Crippen LogP contribution in [0.5, 0.6) is 0 Å². The lowest BCUT2D eigenvalue weighted by molar-refractivity contribution is 0.0601. The van der Waals surface area contributed by atoms with E-state index >= 15 is 0 Å². The molecular weight excluding hydrogens is 418 g/mol. The molecule has 138 valence electrons. The van der Waals surface area contributed by atoms with Crippen LogP contribution in [0.1, 0.15) is 10.4 Å². The molecule has 0 aliphatic rings. The average Bonchev–Trinajstić information content (AvgIpc) is 2.74. The van der Waals surface area contributed by atoms with Crippen LogP contribution in [0.25, 0.3) is 22.3 Å². The minimum Gasteiger partial charge on any atom is -0.465 e. The topological polar surface area (TPSA) is 64.1 Å². The van der Waals surface area contributed by atoms with Crippen LogP contribution < -0.4 is 5.32 Å². The molecule has 0 aliphatic carbocycles. The second kappa shape index (κ2) is 7.78. The highest BCUT2D eigenvalue weighted by Crippen LogP contribution is 2.29. The van der Waals surface area contributed by atoms with Crippen LogP contribution >= 0.6 is 15.9 Å². The van der Waals surface area contributed by atoms with Crippen LogP contribution in [-0.4, -0.2) is 23.0 Å². The van der Waals surface area contributed by atoms with Crippen LogP contribution in [0.4, 0.5) is 11.5 Å². The summed E-state index contributed by atoms with van der Waals surface area (Å²) in [6.07, 6.45) is 0. The van der Waals surface area contributed by atoms with Crippen molar-refractivity contribution in [3.63, 3.8) is 0 Å². The van der Waals surface area contributed by atoms with E-state index in [1.54, 1.807) is 12.1 Å². The molecule has 5 nitrogen and oxygen atoms in total. The first-order valence-electron chi connectivity index (χ1n) is 8.62. The molecule has 4 aromatic rings. The zero-order valence-corrected chi connectivity index (χ0v) is 16.6. The molecule has 0 aliphatic heterocycles. The second-order valence-corrected chi connectivity index (χ2v) is 7.03. The minimum atomic E-state index is -0.366. The standard InChI is InChI=1S/C22H16BrN3O2/c1-28-22(27)15-7-10-17(11-8-15)24-21-18-13-16(23)9-12-19(18)25-20(26-21)14-5-3-2-4-6-14/h2-13H,1H3,(H,24,25,26). The van der Waals surface area contributed by atoms with E-state index in [4.69, 9.17) is 14.7 Å². The number of methoxy groups -OCH3 is 1. The van der Waals surface area contributed by atoms with Gasteiger partial charge in [0, 0.05) is 21.1 Å². The summed E-state index contributed by atoms with van der Waals surface area (Å²) in [4.78, 5) is 21.1. The van der Waals surface area contributed by atoms with Crippen LogP contribution in [0, 0.1) is 0 Å². The predicted octanol–water partition coefficient (Wildman–Crippen LogP) is 5.59. The van der Waals surface area contributed by atoms with Gasteiger partial charge in [-0.3, -0.25) is 0 Å². The van der Waals surface area contributed by atoms with E-state index in [0.29, 0.717) is 17.2 Å². The quantitative estimate of drug-likeness (QED) is 0.425. The summed E-state index contributed by atoms with van der Waals surface area (Å²) in [5.74, 6) is 0.967. The van der Waals surface area contributed by atoms with Gasteiger partial charge in [-0.2, -0.15) is 0 Å². The first kappa shape index (κ1) is 18.1. The van der Waals surface area contributed by atoms with Gasteiger partial charge < -0.3 is 10.1 Å². The number of carbonyl (C=O) groups is 1. The maximum atomic E-state index is 11.6. The summed E-state index contributed by atoms with van der Waals surface area (Å²) < 4.78 is 5.69. The van der Waals surface area contributed by atoms with Gasteiger partial charge in [0.25, 0.3) is 0 Å². The smallest absolute Gasteiger partial charge is 0.337 e. The molecule has 0 fully saturated rings. The second-order valence-electron chi connectivity index (χ2n) is 6.12. The molecule has 3 aromatic carbocycles. The van der Waals surface area contributed by atoms with Gasteiger partial charge in [-0.05, 0) is 42.5 Å². The monoisotopic (exact) mass is 433 g/mol. The maximum Gasteiger partial charge on any atom is 0.337 e. The molecule has 0 spiro atoms. The molecule has 0 amide bonds. The number of halogens is 1. The van der Waals surface area contributed by atoms with E-state index in [1.807, 2.05) is 60.7 Å². The summed E-state index contributed by atoms with van der Waals surface area (Å²) in [7, 11) is 1.37. The molecule has 1 heterocycles. The van der Waals surface area contributed by atoms with E-state index in [9.17, 15) is 4.79 Å².